The summed E-state index contributed by atoms with van der Waals surface area (Å²) in [5.41, 5.74) is 0.983. The topological polar surface area (TPSA) is 50.2 Å². The Kier molecular flexibility index (Phi) is 5.82. The van der Waals surface area contributed by atoms with E-state index in [1.165, 1.54) is 0 Å². The van der Waals surface area contributed by atoms with Crippen molar-refractivity contribution in [2.24, 2.45) is 13.0 Å². The lowest BCUT2D eigenvalue weighted by molar-refractivity contribution is -0.136. The van der Waals surface area contributed by atoms with Crippen LogP contribution in [0, 0.1) is 5.92 Å². The molecule has 2 fully saturated rings. The molecule has 0 bridgehead atoms. The van der Waals surface area contributed by atoms with E-state index in [0.717, 1.165) is 30.9 Å². The molecule has 8 heteroatoms. The first-order valence-electron chi connectivity index (χ1n) is 8.50. The van der Waals surface area contributed by atoms with Crippen molar-refractivity contribution in [2.45, 2.75) is 18.4 Å². The normalized spacial score (nSPS) is 24.9. The third kappa shape index (κ3) is 3.46. The fraction of sp³-hybridized carbons (Fsp3) is 0.444. The third-order valence-electron chi connectivity index (χ3n) is 5.17. The van der Waals surface area contributed by atoms with E-state index in [2.05, 4.69) is 10.3 Å². The van der Waals surface area contributed by atoms with Gasteiger partial charge >= 0.3 is 0 Å². The van der Waals surface area contributed by atoms with Gasteiger partial charge in [0.25, 0.3) is 0 Å². The lowest BCUT2D eigenvalue weighted by Gasteiger charge is -2.36. The van der Waals surface area contributed by atoms with Gasteiger partial charge < -0.3 is 14.8 Å². The summed E-state index contributed by atoms with van der Waals surface area (Å²) in [5.74, 6) is 1.25. The summed E-state index contributed by atoms with van der Waals surface area (Å²) in [6.45, 7) is 2.23. The zero-order chi connectivity index (χ0) is 17.6. The molecule has 3 atom stereocenters. The Hall–Kier alpha value is -1.27. The molecule has 1 aliphatic carbocycles. The fourth-order valence-electron chi connectivity index (χ4n) is 3.73. The van der Waals surface area contributed by atoms with E-state index in [-0.39, 0.29) is 36.2 Å². The Bertz CT molecular complexity index is 809. The van der Waals surface area contributed by atoms with Gasteiger partial charge in [-0.1, -0.05) is 35.3 Å². The molecule has 2 aromatic rings. The molecule has 1 N–H and O–H groups in total. The van der Waals surface area contributed by atoms with Crippen LogP contribution in [0.25, 0.3) is 0 Å². The van der Waals surface area contributed by atoms with Crippen molar-refractivity contribution in [1.82, 2.24) is 19.8 Å². The minimum atomic E-state index is -0.0302. The number of aryl methyl sites for hydroxylation is 1. The highest BCUT2D eigenvalue weighted by atomic mass is 35.5. The number of hydrogen-bond donors (Lipinski definition) is 1. The molecule has 2 aliphatic rings. The second-order valence-corrected chi connectivity index (χ2v) is 7.52. The number of nitrogens with zero attached hydrogens (tertiary/aromatic N) is 3. The molecular weight excluding hydrogens is 395 g/mol. The second kappa shape index (κ2) is 7.77. The van der Waals surface area contributed by atoms with Gasteiger partial charge in [-0.15, -0.1) is 12.4 Å². The van der Waals surface area contributed by atoms with Crippen LogP contribution >= 0.6 is 35.6 Å². The molecule has 3 unspecified atom stereocenters. The molecule has 1 aliphatic heterocycles. The van der Waals surface area contributed by atoms with Crippen molar-refractivity contribution in [3.8, 4) is 0 Å². The van der Waals surface area contributed by atoms with Crippen LogP contribution in [-0.4, -0.2) is 40.0 Å². The van der Waals surface area contributed by atoms with Gasteiger partial charge in [0, 0.05) is 45.0 Å². The molecule has 1 saturated heterocycles. The lowest BCUT2D eigenvalue weighted by atomic mass is 10.1. The molecule has 0 spiro atoms. The number of piperazine rings is 1. The number of hydrogen-bond acceptors (Lipinski definition) is 3. The fourth-order valence-corrected chi connectivity index (χ4v) is 4.18. The van der Waals surface area contributed by atoms with Crippen molar-refractivity contribution in [3.05, 3.63) is 52.0 Å². The number of benzene rings is 1. The van der Waals surface area contributed by atoms with E-state index in [9.17, 15) is 4.79 Å². The average molecular weight is 416 g/mol. The number of aromatic nitrogens is 2. The number of carbonyl (C=O) groups is 1. The number of imidazole rings is 1. The zero-order valence-electron chi connectivity index (χ0n) is 14.4. The summed E-state index contributed by atoms with van der Waals surface area (Å²) in [6, 6.07) is 5.61. The van der Waals surface area contributed by atoms with E-state index in [1.807, 2.05) is 34.8 Å². The molecule has 1 amide bonds. The number of halogens is 3. The molecule has 2 heterocycles. The van der Waals surface area contributed by atoms with Crippen LogP contribution in [0.4, 0.5) is 0 Å². The van der Waals surface area contributed by atoms with Gasteiger partial charge in [-0.05, 0) is 24.0 Å². The lowest BCUT2D eigenvalue weighted by Crippen LogP contribution is -2.50. The van der Waals surface area contributed by atoms with Crippen LogP contribution < -0.4 is 5.32 Å². The maximum Gasteiger partial charge on any atom is 0.227 e. The summed E-state index contributed by atoms with van der Waals surface area (Å²) in [6.07, 6.45) is 4.52. The van der Waals surface area contributed by atoms with Gasteiger partial charge in [0.15, 0.2) is 0 Å². The predicted molar refractivity (Wildman–Crippen MR) is 105 cm³/mol. The summed E-state index contributed by atoms with van der Waals surface area (Å²) in [4.78, 5) is 19.6. The minimum absolute atomic E-state index is 0. The van der Waals surface area contributed by atoms with Crippen LogP contribution in [0.1, 0.15) is 29.8 Å². The third-order valence-corrected chi connectivity index (χ3v) is 6.01. The van der Waals surface area contributed by atoms with Crippen LogP contribution in [0.2, 0.25) is 10.0 Å². The Morgan fingerprint density at radius 2 is 2.15 bits per heavy atom. The Morgan fingerprint density at radius 1 is 1.35 bits per heavy atom. The maximum atomic E-state index is 13.1. The van der Waals surface area contributed by atoms with Crippen molar-refractivity contribution < 1.29 is 4.79 Å². The summed E-state index contributed by atoms with van der Waals surface area (Å²) >= 11 is 12.5. The molecule has 26 heavy (non-hydrogen) atoms. The molecule has 1 aromatic carbocycles. The standard InChI is InChI=1S/C18H20Cl2N4O.ClH/c1-23-7-6-22-17(23)15-10-21-5-8-24(15)18(25)13-9-12(13)11-3-2-4-14(19)16(11)20;/h2-4,6-7,12-13,15,21H,5,8-10H2,1H3;1H. The van der Waals surface area contributed by atoms with E-state index >= 15 is 0 Å². The molecule has 1 saturated carbocycles. The van der Waals surface area contributed by atoms with E-state index in [4.69, 9.17) is 23.2 Å². The first kappa shape index (κ1) is 19.5. The van der Waals surface area contributed by atoms with E-state index < -0.39 is 0 Å². The minimum Gasteiger partial charge on any atom is -0.336 e. The summed E-state index contributed by atoms with van der Waals surface area (Å²) in [5, 5.41) is 4.49. The molecule has 4 rings (SSSR count). The van der Waals surface area contributed by atoms with Crippen molar-refractivity contribution in [1.29, 1.82) is 0 Å². The Morgan fingerprint density at radius 3 is 2.88 bits per heavy atom. The summed E-state index contributed by atoms with van der Waals surface area (Å²) in [7, 11) is 1.96. The van der Waals surface area contributed by atoms with Gasteiger partial charge in [-0.2, -0.15) is 0 Å². The van der Waals surface area contributed by atoms with Gasteiger partial charge in [0.2, 0.25) is 5.91 Å². The monoisotopic (exact) mass is 414 g/mol. The number of amides is 1. The highest BCUT2D eigenvalue weighted by molar-refractivity contribution is 6.42. The first-order valence-corrected chi connectivity index (χ1v) is 9.26. The van der Waals surface area contributed by atoms with Crippen LogP contribution in [0.5, 0.6) is 0 Å². The smallest absolute Gasteiger partial charge is 0.227 e. The van der Waals surface area contributed by atoms with Gasteiger partial charge in [0.05, 0.1) is 10.0 Å². The number of nitrogens with one attached hydrogen (secondary N) is 1. The highest BCUT2D eigenvalue weighted by Gasteiger charge is 2.48. The van der Waals surface area contributed by atoms with E-state index in [1.54, 1.807) is 12.3 Å². The van der Waals surface area contributed by atoms with Crippen LogP contribution in [0.15, 0.2) is 30.6 Å². The number of carbonyl (C=O) groups excluding carboxylic acids is 1. The molecular formula is C18H21Cl3N4O. The number of rotatable bonds is 3. The SMILES string of the molecule is Cl.Cn1ccnc1C1CNCCN1C(=O)C1CC1c1cccc(Cl)c1Cl. The largest absolute Gasteiger partial charge is 0.336 e. The van der Waals surface area contributed by atoms with E-state index in [0.29, 0.717) is 16.6 Å². The second-order valence-electron chi connectivity index (χ2n) is 6.74. The van der Waals surface area contributed by atoms with Crippen molar-refractivity contribution in [2.75, 3.05) is 19.6 Å². The van der Waals surface area contributed by atoms with Crippen molar-refractivity contribution >= 4 is 41.5 Å². The summed E-state index contributed by atoms with van der Waals surface area (Å²) < 4.78 is 1.98. The maximum absolute atomic E-state index is 13.1. The molecule has 140 valence electrons. The van der Waals surface area contributed by atoms with Crippen molar-refractivity contribution in [3.63, 3.8) is 0 Å². The first-order chi connectivity index (χ1) is 12.1. The van der Waals surface area contributed by atoms with Gasteiger partial charge in [-0.3, -0.25) is 4.79 Å². The Labute approximate surface area is 169 Å². The molecule has 1 aromatic heterocycles. The van der Waals surface area contributed by atoms with Crippen LogP contribution in [-0.2, 0) is 11.8 Å². The quantitative estimate of drug-likeness (QED) is 0.835. The Balaban J connectivity index is 0.00000196. The predicted octanol–water partition coefficient (Wildman–Crippen LogP) is 3.43. The molecule has 5 nitrogen and oxygen atoms in total. The van der Waals surface area contributed by atoms with Gasteiger partial charge in [0.1, 0.15) is 11.9 Å². The zero-order valence-corrected chi connectivity index (χ0v) is 16.7. The highest BCUT2D eigenvalue weighted by Crippen LogP contribution is 2.52. The van der Waals surface area contributed by atoms with Gasteiger partial charge in [-0.25, -0.2) is 4.98 Å². The average Bonchev–Trinajstić information content (AvgIpc) is 3.30. The molecule has 0 radical (unpaired) electrons. The van der Waals surface area contributed by atoms with Crippen LogP contribution in [0.3, 0.4) is 0 Å².